The summed E-state index contributed by atoms with van der Waals surface area (Å²) >= 11 is 0. The standard InChI is InChI=1S/C22H28N2O6S2/c1-16(17-7-9-18(10-8-17)31(3,26)27)23-22(25)20-15-19(11-12-21(20)30-2)32(28,29)24-13-5-4-6-14-24/h7-12,15-16H,4-6,13-14H2,1-3H3,(H,23,25). The zero-order valence-corrected chi connectivity index (χ0v) is 20.0. The van der Waals surface area contributed by atoms with Crippen LogP contribution in [0.5, 0.6) is 5.75 Å². The summed E-state index contributed by atoms with van der Waals surface area (Å²) in [5.41, 5.74) is 0.826. The molecule has 1 fully saturated rings. The van der Waals surface area contributed by atoms with Crippen LogP contribution in [0.25, 0.3) is 0 Å². The molecule has 1 aliphatic rings. The normalized spacial score (nSPS) is 16.3. The van der Waals surface area contributed by atoms with Gasteiger partial charge in [-0.15, -0.1) is 0 Å². The van der Waals surface area contributed by atoms with Crippen LogP contribution in [-0.2, 0) is 19.9 Å². The van der Waals surface area contributed by atoms with E-state index >= 15 is 0 Å². The zero-order valence-electron chi connectivity index (χ0n) is 18.4. The van der Waals surface area contributed by atoms with E-state index in [0.29, 0.717) is 18.7 Å². The molecule has 2 aromatic rings. The first kappa shape index (κ1) is 24.2. The molecular weight excluding hydrogens is 452 g/mol. The molecule has 0 saturated carbocycles. The van der Waals surface area contributed by atoms with Crippen molar-refractivity contribution >= 4 is 25.8 Å². The van der Waals surface area contributed by atoms with E-state index in [9.17, 15) is 21.6 Å². The number of rotatable bonds is 7. The molecule has 0 aliphatic carbocycles. The van der Waals surface area contributed by atoms with Crippen molar-refractivity contribution in [1.29, 1.82) is 0 Å². The maximum atomic E-state index is 13.0. The van der Waals surface area contributed by atoms with Crippen LogP contribution in [0.2, 0.25) is 0 Å². The summed E-state index contributed by atoms with van der Waals surface area (Å²) in [7, 11) is -5.60. The van der Waals surface area contributed by atoms with E-state index in [4.69, 9.17) is 4.74 Å². The molecule has 1 unspecified atom stereocenters. The van der Waals surface area contributed by atoms with Gasteiger partial charge in [-0.3, -0.25) is 4.79 Å². The highest BCUT2D eigenvalue weighted by atomic mass is 32.2. The number of carbonyl (C=O) groups is 1. The summed E-state index contributed by atoms with van der Waals surface area (Å²) in [6.45, 7) is 2.70. The Balaban J connectivity index is 1.84. The Morgan fingerprint density at radius 3 is 2.12 bits per heavy atom. The summed E-state index contributed by atoms with van der Waals surface area (Å²) in [5.74, 6) is -0.225. The number of hydrogen-bond acceptors (Lipinski definition) is 6. The van der Waals surface area contributed by atoms with Gasteiger partial charge < -0.3 is 10.1 Å². The van der Waals surface area contributed by atoms with E-state index in [0.717, 1.165) is 25.5 Å². The van der Waals surface area contributed by atoms with E-state index in [2.05, 4.69) is 5.32 Å². The number of benzene rings is 2. The first-order valence-corrected chi connectivity index (χ1v) is 13.7. The molecule has 32 heavy (non-hydrogen) atoms. The number of hydrogen-bond donors (Lipinski definition) is 1. The lowest BCUT2D eigenvalue weighted by Crippen LogP contribution is -2.35. The molecule has 1 N–H and O–H groups in total. The van der Waals surface area contributed by atoms with Gasteiger partial charge in [0, 0.05) is 19.3 Å². The van der Waals surface area contributed by atoms with Gasteiger partial charge in [0.15, 0.2) is 9.84 Å². The molecule has 8 nitrogen and oxygen atoms in total. The second-order valence-corrected chi connectivity index (χ2v) is 11.8. The zero-order chi connectivity index (χ0) is 23.5. The minimum Gasteiger partial charge on any atom is -0.496 e. The Morgan fingerprint density at radius 1 is 0.969 bits per heavy atom. The van der Waals surface area contributed by atoms with Crippen LogP contribution < -0.4 is 10.1 Å². The molecule has 1 aliphatic heterocycles. The van der Waals surface area contributed by atoms with Crippen LogP contribution in [0.1, 0.15) is 48.1 Å². The average Bonchev–Trinajstić information content (AvgIpc) is 2.78. The summed E-state index contributed by atoms with van der Waals surface area (Å²) in [5, 5.41) is 2.83. The molecule has 1 atom stereocenters. The van der Waals surface area contributed by atoms with Crippen LogP contribution in [-0.4, -0.2) is 53.5 Å². The van der Waals surface area contributed by atoms with Gasteiger partial charge in [-0.25, -0.2) is 16.8 Å². The maximum absolute atomic E-state index is 13.0. The third-order valence-electron chi connectivity index (χ3n) is 5.52. The second-order valence-electron chi connectivity index (χ2n) is 7.86. The van der Waals surface area contributed by atoms with Gasteiger partial charge in [0.2, 0.25) is 10.0 Å². The molecule has 0 spiro atoms. The van der Waals surface area contributed by atoms with E-state index in [1.54, 1.807) is 19.1 Å². The number of ether oxygens (including phenoxy) is 1. The van der Waals surface area contributed by atoms with Crippen molar-refractivity contribution in [2.24, 2.45) is 0 Å². The van der Waals surface area contributed by atoms with Crippen LogP contribution in [0.3, 0.4) is 0 Å². The molecule has 174 valence electrons. The monoisotopic (exact) mass is 480 g/mol. The van der Waals surface area contributed by atoms with Crippen LogP contribution >= 0.6 is 0 Å². The summed E-state index contributed by atoms with van der Waals surface area (Å²) in [6.07, 6.45) is 3.77. The van der Waals surface area contributed by atoms with Crippen molar-refractivity contribution in [3.05, 3.63) is 53.6 Å². The fourth-order valence-corrected chi connectivity index (χ4v) is 5.82. The number of nitrogens with zero attached hydrogens (tertiary/aromatic N) is 1. The minimum atomic E-state index is -3.70. The maximum Gasteiger partial charge on any atom is 0.255 e. The molecule has 3 rings (SSSR count). The highest BCUT2D eigenvalue weighted by Crippen LogP contribution is 2.27. The Morgan fingerprint density at radius 2 is 1.56 bits per heavy atom. The second kappa shape index (κ2) is 9.60. The predicted molar refractivity (Wildman–Crippen MR) is 121 cm³/mol. The molecular formula is C22H28N2O6S2. The molecule has 2 aromatic carbocycles. The summed E-state index contributed by atoms with van der Waals surface area (Å²) in [4.78, 5) is 13.2. The van der Waals surface area contributed by atoms with E-state index in [1.165, 1.54) is 41.7 Å². The molecule has 0 aromatic heterocycles. The van der Waals surface area contributed by atoms with Gasteiger partial charge in [-0.05, 0) is 55.7 Å². The van der Waals surface area contributed by atoms with E-state index in [-0.39, 0.29) is 21.1 Å². The van der Waals surface area contributed by atoms with Crippen LogP contribution in [0.15, 0.2) is 52.3 Å². The van der Waals surface area contributed by atoms with Gasteiger partial charge in [-0.2, -0.15) is 4.31 Å². The number of sulfone groups is 1. The smallest absolute Gasteiger partial charge is 0.255 e. The van der Waals surface area contributed by atoms with E-state index in [1.807, 2.05) is 0 Å². The summed E-state index contributed by atoms with van der Waals surface area (Å²) < 4.78 is 56.1. The third kappa shape index (κ3) is 5.31. The number of nitrogens with one attached hydrogen (secondary N) is 1. The third-order valence-corrected chi connectivity index (χ3v) is 8.55. The minimum absolute atomic E-state index is 0.0514. The van der Waals surface area contributed by atoms with Gasteiger partial charge in [0.05, 0.1) is 28.5 Å². The van der Waals surface area contributed by atoms with Crippen LogP contribution in [0.4, 0.5) is 0 Å². The number of piperidine rings is 1. The number of carbonyl (C=O) groups excluding carboxylic acids is 1. The van der Waals surface area contributed by atoms with Gasteiger partial charge >= 0.3 is 0 Å². The topological polar surface area (TPSA) is 110 Å². The Hall–Kier alpha value is -2.43. The first-order chi connectivity index (χ1) is 15.0. The molecule has 0 radical (unpaired) electrons. The Labute approximate surface area is 189 Å². The van der Waals surface area contributed by atoms with Gasteiger partial charge in [0.25, 0.3) is 5.91 Å². The molecule has 1 saturated heterocycles. The molecule has 1 amide bonds. The van der Waals surface area contributed by atoms with E-state index < -0.39 is 31.8 Å². The quantitative estimate of drug-likeness (QED) is 0.653. The highest BCUT2D eigenvalue weighted by Gasteiger charge is 2.28. The fraction of sp³-hybridized carbons (Fsp3) is 0.409. The molecule has 0 bridgehead atoms. The number of amides is 1. The first-order valence-electron chi connectivity index (χ1n) is 10.3. The lowest BCUT2D eigenvalue weighted by Gasteiger charge is -2.26. The number of sulfonamides is 1. The Bertz CT molecular complexity index is 1190. The average molecular weight is 481 g/mol. The SMILES string of the molecule is COc1ccc(S(=O)(=O)N2CCCCC2)cc1C(=O)NC(C)c1ccc(S(C)(=O)=O)cc1. The van der Waals surface area contributed by atoms with Crippen molar-refractivity contribution in [2.45, 2.75) is 42.0 Å². The van der Waals surface area contributed by atoms with Crippen molar-refractivity contribution in [3.8, 4) is 5.75 Å². The predicted octanol–water partition coefficient (Wildman–Crippen LogP) is 2.76. The van der Waals surface area contributed by atoms with Crippen LogP contribution in [0, 0.1) is 0 Å². The lowest BCUT2D eigenvalue weighted by atomic mass is 10.1. The van der Waals surface area contributed by atoms with Crippen molar-refractivity contribution in [2.75, 3.05) is 26.5 Å². The highest BCUT2D eigenvalue weighted by molar-refractivity contribution is 7.90. The Kier molecular flexibility index (Phi) is 7.26. The molecule has 1 heterocycles. The van der Waals surface area contributed by atoms with Crippen molar-refractivity contribution in [1.82, 2.24) is 9.62 Å². The number of methoxy groups -OCH3 is 1. The van der Waals surface area contributed by atoms with Crippen molar-refractivity contribution in [3.63, 3.8) is 0 Å². The largest absolute Gasteiger partial charge is 0.496 e. The van der Waals surface area contributed by atoms with Gasteiger partial charge in [0.1, 0.15) is 5.75 Å². The van der Waals surface area contributed by atoms with Crippen molar-refractivity contribution < 1.29 is 26.4 Å². The summed E-state index contributed by atoms with van der Waals surface area (Å²) in [6, 6.07) is 10.1. The van der Waals surface area contributed by atoms with Gasteiger partial charge in [-0.1, -0.05) is 18.6 Å². The molecule has 10 heteroatoms. The fourth-order valence-electron chi connectivity index (χ4n) is 3.64. The lowest BCUT2D eigenvalue weighted by molar-refractivity contribution is 0.0936.